The molecule has 0 bridgehead atoms. The second-order valence-electron chi connectivity index (χ2n) is 14.7. The summed E-state index contributed by atoms with van der Waals surface area (Å²) in [6, 6.07) is 0. The van der Waals surface area contributed by atoms with E-state index in [1.807, 2.05) is 6.08 Å². The number of aliphatic hydroxyl groups is 2. The summed E-state index contributed by atoms with van der Waals surface area (Å²) in [7, 11) is -4.62. The zero-order chi connectivity index (χ0) is 40.5. The van der Waals surface area contributed by atoms with Gasteiger partial charge in [0, 0.05) is 12.8 Å². The monoisotopic (exact) mass is 801 g/mol. The highest BCUT2D eigenvalue weighted by atomic mass is 31.2. The smallest absolute Gasteiger partial charge is 0.462 e. The average molecular weight is 801 g/mol. The van der Waals surface area contributed by atoms with Crippen molar-refractivity contribution >= 4 is 19.8 Å². The van der Waals surface area contributed by atoms with Crippen LogP contribution >= 0.6 is 7.82 Å². The third-order valence-electron chi connectivity index (χ3n) is 9.28. The molecule has 0 amide bonds. The lowest BCUT2D eigenvalue weighted by Gasteiger charge is -2.20. The minimum atomic E-state index is -4.62. The van der Waals surface area contributed by atoms with E-state index in [1.54, 1.807) is 0 Å². The van der Waals surface area contributed by atoms with Gasteiger partial charge in [0.05, 0.1) is 19.8 Å². The molecule has 0 aromatic rings. The van der Waals surface area contributed by atoms with Crippen LogP contribution in [0.4, 0.5) is 0 Å². The van der Waals surface area contributed by atoms with Gasteiger partial charge in [0.15, 0.2) is 6.10 Å². The maximum atomic E-state index is 12.6. The van der Waals surface area contributed by atoms with E-state index < -0.39 is 51.8 Å². The van der Waals surface area contributed by atoms with Gasteiger partial charge in [-0.25, -0.2) is 4.57 Å². The van der Waals surface area contributed by atoms with Crippen LogP contribution in [-0.4, -0.2) is 65.7 Å². The van der Waals surface area contributed by atoms with Crippen molar-refractivity contribution in [2.75, 3.05) is 26.4 Å². The molecule has 11 heteroatoms. The van der Waals surface area contributed by atoms with Crippen LogP contribution in [-0.2, 0) is 32.7 Å². The van der Waals surface area contributed by atoms with Gasteiger partial charge in [-0.2, -0.15) is 0 Å². The van der Waals surface area contributed by atoms with E-state index in [2.05, 4.69) is 48.8 Å². The van der Waals surface area contributed by atoms with Crippen molar-refractivity contribution < 1.29 is 47.8 Å². The summed E-state index contributed by atoms with van der Waals surface area (Å²) in [6.07, 6.45) is 41.2. The summed E-state index contributed by atoms with van der Waals surface area (Å²) in [5.41, 5.74) is 0. The number of unbranched alkanes of at least 4 members (excludes halogenated alkanes) is 21. The minimum Gasteiger partial charge on any atom is -0.462 e. The largest absolute Gasteiger partial charge is 0.472 e. The Kier molecular flexibility index (Phi) is 39.1. The Bertz CT molecular complexity index is 1010. The van der Waals surface area contributed by atoms with Crippen molar-refractivity contribution in [1.82, 2.24) is 0 Å². The zero-order valence-electron chi connectivity index (χ0n) is 34.9. The lowest BCUT2D eigenvalue weighted by molar-refractivity contribution is -0.161. The topological polar surface area (TPSA) is 149 Å². The summed E-state index contributed by atoms with van der Waals surface area (Å²) in [5, 5.41) is 18.3. The van der Waals surface area contributed by atoms with Gasteiger partial charge < -0.3 is 24.6 Å². The number of ether oxygens (including phenoxy) is 2. The van der Waals surface area contributed by atoms with Gasteiger partial charge in [0.25, 0.3) is 0 Å². The molecule has 0 aliphatic heterocycles. The molecule has 1 unspecified atom stereocenters. The Morgan fingerprint density at radius 2 is 0.982 bits per heavy atom. The van der Waals surface area contributed by atoms with Crippen molar-refractivity contribution in [2.24, 2.45) is 0 Å². The maximum absolute atomic E-state index is 12.6. The highest BCUT2D eigenvalue weighted by molar-refractivity contribution is 7.47. The number of aliphatic hydroxyl groups excluding tert-OH is 2. The van der Waals surface area contributed by atoms with Gasteiger partial charge in [0.1, 0.15) is 12.7 Å². The van der Waals surface area contributed by atoms with Crippen molar-refractivity contribution in [3.8, 4) is 0 Å². The number of carbonyl (C=O) groups is 2. The van der Waals surface area contributed by atoms with Crippen molar-refractivity contribution in [3.05, 3.63) is 36.5 Å². The predicted octanol–water partition coefficient (Wildman–Crippen LogP) is 11.6. The highest BCUT2D eigenvalue weighted by Crippen LogP contribution is 2.43. The Balaban J connectivity index is 4.33. The first-order valence-corrected chi connectivity index (χ1v) is 23.4. The molecule has 0 spiro atoms. The molecule has 0 saturated heterocycles. The fourth-order valence-corrected chi connectivity index (χ4v) is 6.65. The second kappa shape index (κ2) is 40.4. The Morgan fingerprint density at radius 1 is 0.545 bits per heavy atom. The lowest BCUT2D eigenvalue weighted by atomic mass is 10.1. The molecular weight excluding hydrogens is 719 g/mol. The van der Waals surface area contributed by atoms with Crippen molar-refractivity contribution in [3.63, 3.8) is 0 Å². The lowest BCUT2D eigenvalue weighted by Crippen LogP contribution is -2.29. The van der Waals surface area contributed by atoms with Crippen LogP contribution in [0.25, 0.3) is 0 Å². The third kappa shape index (κ3) is 40.2. The summed E-state index contributed by atoms with van der Waals surface area (Å²) in [5.74, 6) is -0.988. The normalized spacial score (nSPS) is 14.2. The molecule has 0 saturated carbocycles. The van der Waals surface area contributed by atoms with E-state index >= 15 is 0 Å². The molecule has 0 aromatic carbocycles. The van der Waals surface area contributed by atoms with Crippen LogP contribution < -0.4 is 0 Å². The molecule has 55 heavy (non-hydrogen) atoms. The maximum Gasteiger partial charge on any atom is 0.472 e. The molecule has 0 aliphatic carbocycles. The number of hydrogen-bond acceptors (Lipinski definition) is 9. The quantitative estimate of drug-likeness (QED) is 0.0236. The van der Waals surface area contributed by atoms with Crippen molar-refractivity contribution in [2.45, 2.75) is 206 Å². The van der Waals surface area contributed by atoms with Gasteiger partial charge in [-0.05, 0) is 57.8 Å². The van der Waals surface area contributed by atoms with Crippen LogP contribution in [0, 0.1) is 0 Å². The van der Waals surface area contributed by atoms with E-state index in [1.165, 1.54) is 103 Å². The van der Waals surface area contributed by atoms with Gasteiger partial charge in [0.2, 0.25) is 0 Å². The van der Waals surface area contributed by atoms with Gasteiger partial charge in [-0.15, -0.1) is 0 Å². The summed E-state index contributed by atoms with van der Waals surface area (Å²) in [4.78, 5) is 34.9. The molecule has 0 aliphatic rings. The number of hydrogen-bond donors (Lipinski definition) is 3. The van der Waals surface area contributed by atoms with E-state index in [0.717, 1.165) is 51.4 Å². The fourth-order valence-electron chi connectivity index (χ4n) is 5.86. The first-order valence-electron chi connectivity index (χ1n) is 21.9. The Hall–Kier alpha value is -1.81. The Labute approximate surface area is 335 Å². The van der Waals surface area contributed by atoms with Crippen LogP contribution in [0.15, 0.2) is 36.5 Å². The molecule has 3 atom stereocenters. The molecule has 0 fully saturated rings. The molecule has 3 N–H and O–H groups in total. The molecule has 0 heterocycles. The summed E-state index contributed by atoms with van der Waals surface area (Å²) in [6.45, 7) is 2.31. The van der Waals surface area contributed by atoms with Crippen LogP contribution in [0.3, 0.4) is 0 Å². The first-order chi connectivity index (χ1) is 26.7. The number of rotatable bonds is 41. The van der Waals surface area contributed by atoms with Crippen LogP contribution in [0.5, 0.6) is 0 Å². The number of esters is 2. The van der Waals surface area contributed by atoms with Crippen molar-refractivity contribution in [1.29, 1.82) is 0 Å². The second-order valence-corrected chi connectivity index (χ2v) is 16.2. The molecule has 0 rings (SSSR count). The number of phosphoric ester groups is 1. The fraction of sp³-hybridized carbons (Fsp3) is 0.818. The molecule has 10 nitrogen and oxygen atoms in total. The van der Waals surface area contributed by atoms with Crippen LogP contribution in [0.2, 0.25) is 0 Å². The first kappa shape index (κ1) is 53.2. The number of allylic oxidation sites excluding steroid dienone is 6. The molecule has 0 aromatic heterocycles. The number of carbonyl (C=O) groups excluding carboxylic acids is 2. The minimum absolute atomic E-state index is 0.157. The zero-order valence-corrected chi connectivity index (χ0v) is 35.8. The highest BCUT2D eigenvalue weighted by Gasteiger charge is 2.27. The average Bonchev–Trinajstić information content (AvgIpc) is 3.17. The standard InChI is InChI=1S/C44H81O10P/c1-3-5-7-9-11-13-15-17-19-20-22-24-26-28-30-32-34-36-44(48)54-42(40-53-55(49,50)52-38-41(46)37-45)39-51-43(47)35-33-31-29-27-25-23-21-18-16-14-12-10-8-6-4-2/h11,13,17,19,29,31,41-42,45-46H,3-10,12,14-16,18,20-28,30,32-40H2,1-2H3,(H,49,50)/b13-11+,19-17+,31-29+/t41-,42+/m0/s1. The van der Waals surface area contributed by atoms with E-state index in [0.29, 0.717) is 12.8 Å². The third-order valence-corrected chi connectivity index (χ3v) is 10.2. The van der Waals surface area contributed by atoms with E-state index in [-0.39, 0.29) is 19.4 Å². The number of phosphoric acid groups is 1. The Morgan fingerprint density at radius 3 is 1.53 bits per heavy atom. The van der Waals surface area contributed by atoms with Gasteiger partial charge in [-0.3, -0.25) is 18.6 Å². The molecule has 322 valence electrons. The van der Waals surface area contributed by atoms with E-state index in [4.69, 9.17) is 19.1 Å². The SMILES string of the molecule is CCCCC/C=C/C/C=C/CCCCCCCCCC(=O)O[C@H](COC(=O)CC/C=C/CCCCCCCCCCCCC)COP(=O)(O)OC[C@@H](O)CO. The molecular formula is C44H81O10P. The van der Waals surface area contributed by atoms with Gasteiger partial charge in [-0.1, -0.05) is 159 Å². The van der Waals surface area contributed by atoms with Gasteiger partial charge >= 0.3 is 19.8 Å². The molecule has 0 radical (unpaired) electrons. The summed E-state index contributed by atoms with van der Waals surface area (Å²) >= 11 is 0. The van der Waals surface area contributed by atoms with Crippen LogP contribution in [0.1, 0.15) is 194 Å². The summed E-state index contributed by atoms with van der Waals surface area (Å²) < 4.78 is 32.7. The predicted molar refractivity (Wildman–Crippen MR) is 224 cm³/mol. The van der Waals surface area contributed by atoms with E-state index in [9.17, 15) is 24.2 Å².